The summed E-state index contributed by atoms with van der Waals surface area (Å²) in [7, 11) is 0. The third kappa shape index (κ3) is 1.74. The molecule has 58 valence electrons. The summed E-state index contributed by atoms with van der Waals surface area (Å²) in [5.41, 5.74) is 1.05. The normalized spacial score (nSPS) is 9.64. The number of aryl methyl sites for hydroxylation is 1. The van der Waals surface area contributed by atoms with Gasteiger partial charge in [-0.2, -0.15) is 0 Å². The van der Waals surface area contributed by atoms with Crippen molar-refractivity contribution in [2.24, 2.45) is 0 Å². The number of hydrogen-bond acceptors (Lipinski definition) is 3. The molecular weight excluding hydrogens is 158 g/mol. The molecule has 1 aromatic rings. The Morgan fingerprint density at radius 1 is 1.73 bits per heavy atom. The Morgan fingerprint density at radius 3 is 2.73 bits per heavy atom. The minimum atomic E-state index is -0.0608. The minimum Gasteiger partial charge on any atom is -0.287 e. The number of nitrogens with zero attached hydrogens (tertiary/aromatic N) is 1. The van der Waals surface area contributed by atoms with Crippen molar-refractivity contribution in [3.8, 4) is 0 Å². The van der Waals surface area contributed by atoms with Crippen LogP contribution in [0.2, 0.25) is 0 Å². The molecule has 0 bridgehead atoms. The third-order valence-corrected chi connectivity index (χ3v) is 2.01. The molecule has 0 N–H and O–H groups in total. The molecule has 0 aliphatic carbocycles. The first-order valence-electron chi connectivity index (χ1n) is 3.23. The van der Waals surface area contributed by atoms with Crippen molar-refractivity contribution in [3.63, 3.8) is 0 Å². The molecular formula is C8H9NOS. The van der Waals surface area contributed by atoms with E-state index in [1.807, 2.05) is 6.92 Å². The van der Waals surface area contributed by atoms with Crippen molar-refractivity contribution >= 4 is 17.1 Å². The molecule has 0 aromatic carbocycles. The number of aromatic nitrogens is 1. The van der Waals surface area contributed by atoms with Crippen LogP contribution in [0, 0.1) is 6.92 Å². The first kappa shape index (κ1) is 8.14. The molecule has 1 heterocycles. The maximum Gasteiger partial charge on any atom is 0.207 e. The van der Waals surface area contributed by atoms with Crippen LogP contribution < -0.4 is 0 Å². The summed E-state index contributed by atoms with van der Waals surface area (Å²) in [6.45, 7) is 7.12. The summed E-state index contributed by atoms with van der Waals surface area (Å²) in [5, 5.41) is 2.67. The van der Waals surface area contributed by atoms with Crippen LogP contribution in [0.5, 0.6) is 0 Å². The number of rotatable bonds is 2. The zero-order valence-corrected chi connectivity index (χ0v) is 7.36. The average Bonchev–Trinajstić information content (AvgIpc) is 2.34. The van der Waals surface area contributed by atoms with Gasteiger partial charge in [-0.05, 0) is 19.4 Å². The summed E-state index contributed by atoms with van der Waals surface area (Å²) >= 11 is 1.48. The van der Waals surface area contributed by atoms with E-state index < -0.39 is 0 Å². The number of carbonyl (C=O) groups excluding carboxylic acids is 1. The van der Waals surface area contributed by atoms with Crippen molar-refractivity contribution in [1.29, 1.82) is 0 Å². The highest BCUT2D eigenvalue weighted by Crippen LogP contribution is 2.10. The van der Waals surface area contributed by atoms with Gasteiger partial charge in [0.05, 0.1) is 5.01 Å². The van der Waals surface area contributed by atoms with E-state index in [2.05, 4.69) is 11.6 Å². The summed E-state index contributed by atoms with van der Waals surface area (Å²) in [4.78, 5) is 15.2. The van der Waals surface area contributed by atoms with E-state index >= 15 is 0 Å². The fourth-order valence-corrected chi connectivity index (χ4v) is 1.28. The van der Waals surface area contributed by atoms with Crippen molar-refractivity contribution < 1.29 is 4.79 Å². The quantitative estimate of drug-likeness (QED) is 0.499. The predicted molar refractivity (Wildman–Crippen MR) is 46.0 cm³/mol. The van der Waals surface area contributed by atoms with Crippen LogP contribution in [0.3, 0.4) is 0 Å². The molecule has 0 spiro atoms. The molecule has 1 aromatic heterocycles. The molecule has 11 heavy (non-hydrogen) atoms. The van der Waals surface area contributed by atoms with Gasteiger partial charge in [0.1, 0.15) is 5.69 Å². The van der Waals surface area contributed by atoms with Crippen LogP contribution in [0.1, 0.15) is 22.4 Å². The monoisotopic (exact) mass is 167 g/mol. The lowest BCUT2D eigenvalue weighted by Gasteiger charge is -1.90. The highest BCUT2D eigenvalue weighted by Gasteiger charge is 2.08. The van der Waals surface area contributed by atoms with Gasteiger partial charge < -0.3 is 0 Å². The molecule has 0 radical (unpaired) electrons. The van der Waals surface area contributed by atoms with E-state index in [9.17, 15) is 4.79 Å². The lowest BCUT2D eigenvalue weighted by molar-refractivity contribution is 0.103. The first-order chi connectivity index (χ1) is 5.11. The second-order valence-electron chi connectivity index (χ2n) is 2.36. The van der Waals surface area contributed by atoms with Crippen LogP contribution >= 0.6 is 11.3 Å². The Labute approximate surface area is 69.6 Å². The van der Waals surface area contributed by atoms with E-state index in [4.69, 9.17) is 0 Å². The van der Waals surface area contributed by atoms with E-state index in [-0.39, 0.29) is 5.78 Å². The van der Waals surface area contributed by atoms with Gasteiger partial charge in [-0.15, -0.1) is 11.3 Å². The van der Waals surface area contributed by atoms with Gasteiger partial charge in [0.15, 0.2) is 0 Å². The first-order valence-corrected chi connectivity index (χ1v) is 4.11. The molecule has 0 aliphatic heterocycles. The Morgan fingerprint density at radius 2 is 2.36 bits per heavy atom. The van der Waals surface area contributed by atoms with Crippen LogP contribution in [0.15, 0.2) is 17.5 Å². The second-order valence-corrected chi connectivity index (χ2v) is 3.42. The largest absolute Gasteiger partial charge is 0.287 e. The minimum absolute atomic E-state index is 0.0608. The molecule has 0 amide bonds. The van der Waals surface area contributed by atoms with Gasteiger partial charge in [0.25, 0.3) is 0 Å². The van der Waals surface area contributed by atoms with E-state index in [1.54, 1.807) is 12.3 Å². The highest BCUT2D eigenvalue weighted by atomic mass is 32.1. The summed E-state index contributed by atoms with van der Waals surface area (Å²) in [6, 6.07) is 0. The van der Waals surface area contributed by atoms with Gasteiger partial charge in [-0.3, -0.25) is 4.79 Å². The molecule has 0 fully saturated rings. The Hall–Kier alpha value is -0.960. The lowest BCUT2D eigenvalue weighted by atomic mass is 10.2. The smallest absolute Gasteiger partial charge is 0.207 e. The van der Waals surface area contributed by atoms with Gasteiger partial charge >= 0.3 is 0 Å². The summed E-state index contributed by atoms with van der Waals surface area (Å²) in [5.74, 6) is -0.0608. The second kappa shape index (κ2) is 2.96. The maximum atomic E-state index is 11.2. The van der Waals surface area contributed by atoms with Crippen LogP contribution in [0.4, 0.5) is 0 Å². The van der Waals surface area contributed by atoms with Gasteiger partial charge in [-0.1, -0.05) is 6.58 Å². The zero-order chi connectivity index (χ0) is 8.43. The van der Waals surface area contributed by atoms with E-state index in [1.165, 1.54) is 11.3 Å². The standard InChI is InChI=1S/C8H9NOS/c1-5(2)8(10)7-4-11-6(3)9-7/h4H,1H2,2-3H3. The Kier molecular flexibility index (Phi) is 2.19. The molecule has 0 aliphatic rings. The number of hydrogen-bond donors (Lipinski definition) is 0. The van der Waals surface area contributed by atoms with Gasteiger partial charge in [0.2, 0.25) is 5.78 Å². The molecule has 1 rings (SSSR count). The molecule has 0 saturated heterocycles. The molecule has 0 atom stereocenters. The van der Waals surface area contributed by atoms with Crippen molar-refractivity contribution in [3.05, 3.63) is 28.2 Å². The van der Waals surface area contributed by atoms with E-state index in [0.717, 1.165) is 5.01 Å². The fourth-order valence-electron chi connectivity index (χ4n) is 0.686. The topological polar surface area (TPSA) is 30.0 Å². The fraction of sp³-hybridized carbons (Fsp3) is 0.250. The molecule has 3 heteroatoms. The maximum absolute atomic E-state index is 11.2. The summed E-state index contributed by atoms with van der Waals surface area (Å²) < 4.78 is 0. The lowest BCUT2D eigenvalue weighted by Crippen LogP contribution is -1.99. The van der Waals surface area contributed by atoms with Crippen LogP contribution in [-0.4, -0.2) is 10.8 Å². The predicted octanol–water partition coefficient (Wildman–Crippen LogP) is 2.21. The number of thiazole rings is 1. The molecule has 2 nitrogen and oxygen atoms in total. The number of carbonyl (C=O) groups is 1. The SMILES string of the molecule is C=C(C)C(=O)c1csc(C)n1. The Bertz CT molecular complexity index is 301. The summed E-state index contributed by atoms with van der Waals surface area (Å²) in [6.07, 6.45) is 0. The number of allylic oxidation sites excluding steroid dienone is 1. The van der Waals surface area contributed by atoms with Crippen molar-refractivity contribution in [1.82, 2.24) is 4.98 Å². The van der Waals surface area contributed by atoms with Crippen molar-refractivity contribution in [2.75, 3.05) is 0 Å². The molecule has 0 unspecified atom stereocenters. The number of ketones is 1. The average molecular weight is 167 g/mol. The molecule has 0 saturated carbocycles. The van der Waals surface area contributed by atoms with Gasteiger partial charge in [-0.25, -0.2) is 4.98 Å². The zero-order valence-electron chi connectivity index (χ0n) is 6.55. The van der Waals surface area contributed by atoms with Crippen LogP contribution in [0.25, 0.3) is 0 Å². The van der Waals surface area contributed by atoms with E-state index in [0.29, 0.717) is 11.3 Å². The van der Waals surface area contributed by atoms with Crippen LogP contribution in [-0.2, 0) is 0 Å². The Balaban J connectivity index is 2.94. The highest BCUT2D eigenvalue weighted by molar-refractivity contribution is 7.09. The third-order valence-electron chi connectivity index (χ3n) is 1.24. The van der Waals surface area contributed by atoms with Crippen molar-refractivity contribution in [2.45, 2.75) is 13.8 Å². The number of Topliss-reactive ketones (excluding diaryl/α,β-unsaturated/α-hetero) is 1. The van der Waals surface area contributed by atoms with Gasteiger partial charge in [0, 0.05) is 5.38 Å².